The average molecular weight is 390 g/mol. The van der Waals surface area contributed by atoms with Gasteiger partial charge in [-0.2, -0.15) is 0 Å². The molecule has 0 saturated carbocycles. The standard InChI is InChI=1S/C19H17F3N4O2/c20-19(21,22)28-15-6-4-14(5-7-15)26-10-2-9-25(18(26)27)12-13-11-24-17-16(13)3-1-8-23-17/h1,3-8,11H,2,9-10,12H2,(H,23,24). The zero-order valence-corrected chi connectivity index (χ0v) is 14.7. The van der Waals surface area contributed by atoms with Gasteiger partial charge in [0.25, 0.3) is 0 Å². The van der Waals surface area contributed by atoms with Crippen molar-refractivity contribution in [2.75, 3.05) is 18.0 Å². The number of fused-ring (bicyclic) bond motifs is 1. The molecule has 0 bridgehead atoms. The molecular formula is C19H17F3N4O2. The number of amides is 2. The fourth-order valence-electron chi connectivity index (χ4n) is 3.34. The number of alkyl halides is 3. The number of hydrogen-bond donors (Lipinski definition) is 1. The lowest BCUT2D eigenvalue weighted by atomic mass is 10.2. The Hall–Kier alpha value is -3.23. The highest BCUT2D eigenvalue weighted by molar-refractivity contribution is 5.93. The van der Waals surface area contributed by atoms with Gasteiger partial charge in [0.2, 0.25) is 0 Å². The van der Waals surface area contributed by atoms with Crippen LogP contribution in [0.3, 0.4) is 0 Å². The second-order valence-corrected chi connectivity index (χ2v) is 6.46. The van der Waals surface area contributed by atoms with Crippen molar-refractivity contribution in [2.24, 2.45) is 0 Å². The Bertz CT molecular complexity index is 985. The summed E-state index contributed by atoms with van der Waals surface area (Å²) in [5, 5.41) is 0.959. The molecule has 3 heterocycles. The van der Waals surface area contributed by atoms with E-state index in [4.69, 9.17) is 0 Å². The summed E-state index contributed by atoms with van der Waals surface area (Å²) in [6, 6.07) is 8.93. The molecule has 4 rings (SSSR count). The number of rotatable bonds is 4. The molecule has 6 nitrogen and oxygen atoms in total. The summed E-state index contributed by atoms with van der Waals surface area (Å²) in [4.78, 5) is 23.5. The van der Waals surface area contributed by atoms with Crippen LogP contribution in [0.15, 0.2) is 48.8 Å². The molecule has 1 aliphatic heterocycles. The highest BCUT2D eigenvalue weighted by Crippen LogP contribution is 2.28. The molecule has 2 amide bonds. The van der Waals surface area contributed by atoms with Crippen LogP contribution in [0.4, 0.5) is 23.7 Å². The third-order valence-electron chi connectivity index (χ3n) is 4.59. The van der Waals surface area contributed by atoms with E-state index in [1.807, 2.05) is 18.3 Å². The van der Waals surface area contributed by atoms with Crippen molar-refractivity contribution >= 4 is 22.8 Å². The van der Waals surface area contributed by atoms with Crippen LogP contribution in [-0.2, 0) is 6.54 Å². The lowest BCUT2D eigenvalue weighted by molar-refractivity contribution is -0.274. The van der Waals surface area contributed by atoms with E-state index in [1.165, 1.54) is 24.3 Å². The second-order valence-electron chi connectivity index (χ2n) is 6.46. The molecule has 3 aromatic rings. The third kappa shape index (κ3) is 3.73. The van der Waals surface area contributed by atoms with Crippen LogP contribution in [0.2, 0.25) is 0 Å². The Kier molecular flexibility index (Phi) is 4.58. The van der Waals surface area contributed by atoms with Crippen LogP contribution in [0.25, 0.3) is 11.0 Å². The smallest absolute Gasteiger partial charge is 0.406 e. The van der Waals surface area contributed by atoms with E-state index in [9.17, 15) is 18.0 Å². The van der Waals surface area contributed by atoms with Crippen LogP contribution in [0.5, 0.6) is 5.75 Å². The first-order valence-electron chi connectivity index (χ1n) is 8.74. The molecule has 0 radical (unpaired) electrons. The fourth-order valence-corrected chi connectivity index (χ4v) is 3.34. The molecule has 1 aliphatic rings. The van der Waals surface area contributed by atoms with Gasteiger partial charge >= 0.3 is 12.4 Å². The van der Waals surface area contributed by atoms with Crippen LogP contribution in [-0.4, -0.2) is 40.4 Å². The van der Waals surface area contributed by atoms with Gasteiger partial charge in [0.15, 0.2) is 0 Å². The Balaban J connectivity index is 1.50. The van der Waals surface area contributed by atoms with Gasteiger partial charge in [-0.05, 0) is 48.4 Å². The van der Waals surface area contributed by atoms with Crippen molar-refractivity contribution in [3.05, 3.63) is 54.4 Å². The second kappa shape index (κ2) is 7.06. The number of nitrogens with zero attached hydrogens (tertiary/aromatic N) is 3. The molecule has 0 aliphatic carbocycles. The first-order chi connectivity index (χ1) is 13.4. The van der Waals surface area contributed by atoms with Crippen LogP contribution in [0, 0.1) is 0 Å². The minimum atomic E-state index is -4.74. The first kappa shape index (κ1) is 18.1. The molecule has 0 unspecified atom stereocenters. The number of halogens is 3. The average Bonchev–Trinajstić information content (AvgIpc) is 3.06. The minimum absolute atomic E-state index is 0.186. The van der Waals surface area contributed by atoms with Gasteiger partial charge in [-0.3, -0.25) is 4.90 Å². The maximum Gasteiger partial charge on any atom is 0.573 e. The molecular weight excluding hydrogens is 373 g/mol. The number of aromatic amines is 1. The highest BCUT2D eigenvalue weighted by Gasteiger charge is 2.31. The molecule has 1 aromatic carbocycles. The van der Waals surface area contributed by atoms with Gasteiger partial charge in [0.05, 0.1) is 0 Å². The lowest BCUT2D eigenvalue weighted by Crippen LogP contribution is -2.49. The monoisotopic (exact) mass is 390 g/mol. The maximum atomic E-state index is 12.9. The molecule has 1 N–H and O–H groups in total. The van der Waals surface area contributed by atoms with Gasteiger partial charge in [0, 0.05) is 43.1 Å². The van der Waals surface area contributed by atoms with E-state index >= 15 is 0 Å². The number of nitrogens with one attached hydrogen (secondary N) is 1. The van der Waals surface area contributed by atoms with Gasteiger partial charge < -0.3 is 14.6 Å². The summed E-state index contributed by atoms with van der Waals surface area (Å²) in [7, 11) is 0. The Morgan fingerprint density at radius 1 is 1.14 bits per heavy atom. The Morgan fingerprint density at radius 2 is 1.93 bits per heavy atom. The lowest BCUT2D eigenvalue weighted by Gasteiger charge is -2.35. The number of H-pyrrole nitrogens is 1. The van der Waals surface area contributed by atoms with Gasteiger partial charge in [0.1, 0.15) is 11.4 Å². The van der Waals surface area contributed by atoms with Crippen LogP contribution >= 0.6 is 0 Å². The Morgan fingerprint density at radius 3 is 2.68 bits per heavy atom. The largest absolute Gasteiger partial charge is 0.573 e. The molecule has 1 saturated heterocycles. The molecule has 1 fully saturated rings. The topological polar surface area (TPSA) is 61.5 Å². The number of aromatic nitrogens is 2. The van der Waals surface area contributed by atoms with E-state index < -0.39 is 6.36 Å². The van der Waals surface area contributed by atoms with Crippen LogP contribution in [0.1, 0.15) is 12.0 Å². The SMILES string of the molecule is O=C1N(Cc2c[nH]c3ncccc23)CCCN1c1ccc(OC(F)(F)F)cc1. The van der Waals surface area contributed by atoms with Crippen molar-refractivity contribution in [3.63, 3.8) is 0 Å². The molecule has 0 spiro atoms. The Labute approximate surface area is 158 Å². The number of urea groups is 1. The third-order valence-corrected chi connectivity index (χ3v) is 4.59. The quantitative estimate of drug-likeness (QED) is 0.723. The summed E-state index contributed by atoms with van der Waals surface area (Å²) in [6.07, 6.45) is -0.448. The van der Waals surface area contributed by atoms with E-state index in [-0.39, 0.29) is 11.8 Å². The minimum Gasteiger partial charge on any atom is -0.406 e. The normalized spacial score (nSPS) is 15.3. The zero-order valence-electron chi connectivity index (χ0n) is 14.7. The molecule has 9 heteroatoms. The number of carbonyl (C=O) groups is 1. The number of ether oxygens (including phenoxy) is 1. The van der Waals surface area contributed by atoms with Crippen molar-refractivity contribution in [1.82, 2.24) is 14.9 Å². The summed E-state index contributed by atoms with van der Waals surface area (Å²) in [6.45, 7) is 1.54. The van der Waals surface area contributed by atoms with Crippen LogP contribution < -0.4 is 9.64 Å². The summed E-state index contributed by atoms with van der Waals surface area (Å²) in [5.74, 6) is -0.316. The van der Waals surface area contributed by atoms with E-state index in [0.29, 0.717) is 25.3 Å². The molecule has 146 valence electrons. The predicted molar refractivity (Wildman–Crippen MR) is 97.0 cm³/mol. The number of hydrogen-bond acceptors (Lipinski definition) is 3. The number of pyridine rings is 1. The van der Waals surface area contributed by atoms with Gasteiger partial charge in [-0.25, -0.2) is 9.78 Å². The van der Waals surface area contributed by atoms with Crippen molar-refractivity contribution in [1.29, 1.82) is 0 Å². The van der Waals surface area contributed by atoms with Gasteiger partial charge in [-0.1, -0.05) is 0 Å². The van der Waals surface area contributed by atoms with E-state index in [1.54, 1.807) is 16.0 Å². The van der Waals surface area contributed by atoms with Crippen molar-refractivity contribution in [2.45, 2.75) is 19.3 Å². The summed E-state index contributed by atoms with van der Waals surface area (Å²) < 4.78 is 40.8. The number of carbonyl (C=O) groups excluding carboxylic acids is 1. The zero-order chi connectivity index (χ0) is 19.7. The van der Waals surface area contributed by atoms with E-state index in [2.05, 4.69) is 14.7 Å². The maximum absolute atomic E-state index is 12.9. The molecule has 2 aromatic heterocycles. The summed E-state index contributed by atoms with van der Waals surface area (Å²) >= 11 is 0. The van der Waals surface area contributed by atoms with Crippen molar-refractivity contribution in [3.8, 4) is 5.75 Å². The first-order valence-corrected chi connectivity index (χ1v) is 8.74. The molecule has 0 atom stereocenters. The fraction of sp³-hybridized carbons (Fsp3) is 0.263. The number of anilines is 1. The predicted octanol–water partition coefficient (Wildman–Crippen LogP) is 4.29. The summed E-state index contributed by atoms with van der Waals surface area (Å²) in [5.41, 5.74) is 2.26. The highest BCUT2D eigenvalue weighted by atomic mass is 19.4. The van der Waals surface area contributed by atoms with E-state index in [0.717, 1.165) is 23.0 Å². The van der Waals surface area contributed by atoms with Crippen molar-refractivity contribution < 1.29 is 22.7 Å². The number of benzene rings is 1. The molecule has 28 heavy (non-hydrogen) atoms. The van der Waals surface area contributed by atoms with Gasteiger partial charge in [-0.15, -0.1) is 13.2 Å².